The Hall–Kier alpha value is -3.94. The number of rotatable bonds is 4. The van der Waals surface area contributed by atoms with E-state index >= 15 is 0 Å². The molecule has 0 radical (unpaired) electrons. The Labute approximate surface area is 202 Å². The highest BCUT2D eigenvalue weighted by Gasteiger charge is 2.36. The molecule has 3 aromatic rings. The number of nitrogens with one attached hydrogen (secondary N) is 1. The summed E-state index contributed by atoms with van der Waals surface area (Å²) in [6.45, 7) is 3.84. The van der Waals surface area contributed by atoms with Gasteiger partial charge in [0.1, 0.15) is 15.0 Å². The second-order valence-electron chi connectivity index (χ2n) is 7.62. The van der Waals surface area contributed by atoms with Crippen molar-refractivity contribution in [2.45, 2.75) is 19.8 Å². The first-order chi connectivity index (χ1) is 16.3. The third-order valence-electron chi connectivity index (χ3n) is 5.42. The summed E-state index contributed by atoms with van der Waals surface area (Å²) in [5, 5.41) is 14.7. The molecule has 0 spiro atoms. The monoisotopic (exact) mass is 492 g/mol. The third kappa shape index (κ3) is 3.96. The van der Waals surface area contributed by atoms with Gasteiger partial charge in [-0.25, -0.2) is 4.79 Å². The van der Waals surface area contributed by atoms with Crippen LogP contribution < -0.4 is 25.8 Å². The molecule has 0 bridgehead atoms. The maximum absolute atomic E-state index is 13.7. The first-order valence-corrected chi connectivity index (χ1v) is 11.8. The van der Waals surface area contributed by atoms with Gasteiger partial charge in [-0.2, -0.15) is 5.26 Å². The molecule has 34 heavy (non-hydrogen) atoms. The summed E-state index contributed by atoms with van der Waals surface area (Å²) in [5.41, 5.74) is 8.52. The average Bonchev–Trinajstić information content (AvgIpc) is 3.44. The van der Waals surface area contributed by atoms with Crippen molar-refractivity contribution in [3.05, 3.63) is 76.8 Å². The van der Waals surface area contributed by atoms with Crippen LogP contribution in [0.3, 0.4) is 0 Å². The molecule has 1 aliphatic rings. The van der Waals surface area contributed by atoms with Crippen molar-refractivity contribution >= 4 is 57.7 Å². The molecule has 2 aromatic heterocycles. The highest BCUT2D eigenvalue weighted by atomic mass is 32.1. The van der Waals surface area contributed by atoms with Crippen LogP contribution in [0.25, 0.3) is 17.5 Å². The van der Waals surface area contributed by atoms with Crippen molar-refractivity contribution in [2.75, 3.05) is 12.4 Å². The van der Waals surface area contributed by atoms with Crippen molar-refractivity contribution in [1.82, 2.24) is 4.57 Å². The largest absolute Gasteiger partial charge is 0.466 e. The molecule has 8 nitrogen and oxygen atoms in total. The Morgan fingerprint density at radius 3 is 2.68 bits per heavy atom. The SMILES string of the molecule is COC(=O)C=c1sc2n(c1=O)C(N)=C(C#N)C(c1cccs1)C=2C(=O)Nc1ccc(C)cc1C. The van der Waals surface area contributed by atoms with E-state index < -0.39 is 23.4 Å². The highest BCUT2D eigenvalue weighted by molar-refractivity contribution is 7.10. The summed E-state index contributed by atoms with van der Waals surface area (Å²) in [4.78, 5) is 39.4. The zero-order valence-electron chi connectivity index (χ0n) is 18.5. The van der Waals surface area contributed by atoms with Gasteiger partial charge in [-0.1, -0.05) is 23.8 Å². The third-order valence-corrected chi connectivity index (χ3v) is 7.47. The number of amides is 1. The smallest absolute Gasteiger partial charge is 0.332 e. The number of hydrogen-bond acceptors (Lipinski definition) is 8. The van der Waals surface area contributed by atoms with E-state index in [9.17, 15) is 19.6 Å². The normalized spacial score (nSPS) is 15.6. The van der Waals surface area contributed by atoms with Crippen molar-refractivity contribution in [3.8, 4) is 6.07 Å². The molecule has 0 aliphatic carbocycles. The fourth-order valence-corrected chi connectivity index (χ4v) is 5.80. The van der Waals surface area contributed by atoms with Crippen LogP contribution in [0.4, 0.5) is 5.69 Å². The lowest BCUT2D eigenvalue weighted by Gasteiger charge is -2.24. The number of allylic oxidation sites excluding steroid dienone is 1. The first kappa shape index (κ1) is 23.2. The van der Waals surface area contributed by atoms with Gasteiger partial charge in [-0.15, -0.1) is 22.7 Å². The van der Waals surface area contributed by atoms with Gasteiger partial charge in [0, 0.05) is 16.6 Å². The number of nitrogens with zero attached hydrogens (tertiary/aromatic N) is 2. The first-order valence-electron chi connectivity index (χ1n) is 10.1. The number of benzene rings is 1. The summed E-state index contributed by atoms with van der Waals surface area (Å²) < 4.78 is 6.08. The Morgan fingerprint density at radius 1 is 1.29 bits per heavy atom. The quantitative estimate of drug-likeness (QED) is 0.535. The van der Waals surface area contributed by atoms with Crippen molar-refractivity contribution in [1.29, 1.82) is 5.26 Å². The number of nitrogens with two attached hydrogens (primary N) is 1. The van der Waals surface area contributed by atoms with Gasteiger partial charge in [0.05, 0.1) is 30.2 Å². The van der Waals surface area contributed by atoms with Crippen LogP contribution in [-0.4, -0.2) is 23.6 Å². The zero-order valence-corrected chi connectivity index (χ0v) is 20.2. The van der Waals surface area contributed by atoms with Crippen LogP contribution in [0.2, 0.25) is 0 Å². The van der Waals surface area contributed by atoms with Crippen LogP contribution in [0.15, 0.2) is 46.1 Å². The summed E-state index contributed by atoms with van der Waals surface area (Å²) in [6, 6.07) is 11.4. The molecule has 0 fully saturated rings. The lowest BCUT2D eigenvalue weighted by atomic mass is 9.88. The molecule has 1 aliphatic heterocycles. The standard InChI is InChI=1S/C24H20N4O4S2/c1-12-6-7-15(13(2)9-12)27-22(30)20-19(16-5-4-8-33-16)14(11-25)21(26)28-23(31)17(34-24(20)28)10-18(29)32-3/h4-10,19H,26H2,1-3H3,(H,27,30). The summed E-state index contributed by atoms with van der Waals surface area (Å²) in [5.74, 6) is -2.01. The summed E-state index contributed by atoms with van der Waals surface area (Å²) in [7, 11) is 1.20. The number of aryl methyl sites for hydroxylation is 2. The molecule has 172 valence electrons. The number of carbonyl (C=O) groups is 2. The summed E-state index contributed by atoms with van der Waals surface area (Å²) >= 11 is 2.33. The number of nitriles is 1. The van der Waals surface area contributed by atoms with E-state index in [1.54, 1.807) is 6.07 Å². The van der Waals surface area contributed by atoms with Crippen LogP contribution in [0, 0.1) is 25.2 Å². The highest BCUT2D eigenvalue weighted by Crippen LogP contribution is 2.38. The topological polar surface area (TPSA) is 127 Å². The fourth-order valence-electron chi connectivity index (χ4n) is 3.82. The van der Waals surface area contributed by atoms with E-state index in [2.05, 4.69) is 16.1 Å². The lowest BCUT2D eigenvalue weighted by Crippen LogP contribution is -2.40. The molecule has 4 rings (SSSR count). The molecule has 0 saturated heterocycles. The number of hydrogen-bond donors (Lipinski definition) is 2. The van der Waals surface area contributed by atoms with Gasteiger partial charge in [0.2, 0.25) is 0 Å². The second kappa shape index (κ2) is 9.13. The Kier molecular flexibility index (Phi) is 6.24. The number of ether oxygens (including phenoxy) is 1. The molecular formula is C24H20N4O4S2. The predicted molar refractivity (Wildman–Crippen MR) is 132 cm³/mol. The number of esters is 1. The number of aromatic nitrogens is 1. The van der Waals surface area contributed by atoms with E-state index in [1.165, 1.54) is 18.4 Å². The molecule has 3 heterocycles. The van der Waals surface area contributed by atoms with Crippen LogP contribution in [0.5, 0.6) is 0 Å². The van der Waals surface area contributed by atoms with E-state index in [4.69, 9.17) is 5.73 Å². The van der Waals surface area contributed by atoms with E-state index in [0.717, 1.165) is 38.0 Å². The number of anilines is 1. The van der Waals surface area contributed by atoms with Crippen molar-refractivity contribution in [2.24, 2.45) is 5.73 Å². The minimum absolute atomic E-state index is 0.0470. The molecule has 3 N–H and O–H groups in total. The van der Waals surface area contributed by atoms with Gasteiger partial charge in [0.25, 0.3) is 11.5 Å². The lowest BCUT2D eigenvalue weighted by molar-refractivity contribution is -0.133. The van der Waals surface area contributed by atoms with Gasteiger partial charge in [-0.05, 0) is 36.9 Å². The van der Waals surface area contributed by atoms with Gasteiger partial charge >= 0.3 is 5.97 Å². The summed E-state index contributed by atoms with van der Waals surface area (Å²) in [6.07, 6.45) is 1.05. The fraction of sp³-hybridized carbons (Fsp3) is 0.167. The zero-order chi connectivity index (χ0) is 24.6. The minimum atomic E-state index is -0.764. The van der Waals surface area contributed by atoms with Crippen molar-refractivity contribution in [3.63, 3.8) is 0 Å². The number of carbonyl (C=O) groups excluding carboxylic acids is 2. The van der Waals surface area contributed by atoms with Gasteiger partial charge in [0.15, 0.2) is 0 Å². The molecule has 1 amide bonds. The minimum Gasteiger partial charge on any atom is -0.466 e. The second-order valence-corrected chi connectivity index (χ2v) is 9.63. The molecule has 10 heteroatoms. The maximum atomic E-state index is 13.7. The molecule has 0 saturated carbocycles. The van der Waals surface area contributed by atoms with Crippen LogP contribution in [0.1, 0.15) is 21.9 Å². The van der Waals surface area contributed by atoms with E-state index in [-0.39, 0.29) is 26.2 Å². The van der Waals surface area contributed by atoms with Gasteiger partial charge in [-0.3, -0.25) is 14.2 Å². The molecule has 1 aromatic carbocycles. The Morgan fingerprint density at radius 2 is 2.06 bits per heavy atom. The van der Waals surface area contributed by atoms with Gasteiger partial charge < -0.3 is 15.8 Å². The number of thiazole rings is 1. The molecular weight excluding hydrogens is 472 g/mol. The number of methoxy groups -OCH3 is 1. The molecule has 1 unspecified atom stereocenters. The average molecular weight is 493 g/mol. The number of fused-ring (bicyclic) bond motifs is 1. The predicted octanol–water partition coefficient (Wildman–Crippen LogP) is 1.78. The molecule has 1 atom stereocenters. The van der Waals surface area contributed by atoms with Crippen LogP contribution >= 0.6 is 22.7 Å². The van der Waals surface area contributed by atoms with E-state index in [1.807, 2.05) is 43.5 Å². The van der Waals surface area contributed by atoms with Crippen molar-refractivity contribution < 1.29 is 14.3 Å². The Balaban J connectivity index is 2.03. The Bertz CT molecular complexity index is 1570. The van der Waals surface area contributed by atoms with Crippen LogP contribution in [-0.2, 0) is 14.3 Å². The maximum Gasteiger partial charge on any atom is 0.332 e. The number of thiophene rings is 1. The van der Waals surface area contributed by atoms with E-state index in [0.29, 0.717) is 5.69 Å².